The van der Waals surface area contributed by atoms with Crippen molar-refractivity contribution in [2.24, 2.45) is 5.92 Å². The second kappa shape index (κ2) is 6.18. The maximum absolute atomic E-state index is 9.31. The number of nitrogens with one attached hydrogen (secondary N) is 1. The summed E-state index contributed by atoms with van der Waals surface area (Å²) in [5.74, 6) is 1.17. The molecule has 0 aromatic heterocycles. The molecule has 3 heteroatoms. The quantitative estimate of drug-likeness (QED) is 0.874. The van der Waals surface area contributed by atoms with Gasteiger partial charge in [-0.25, -0.2) is 0 Å². The van der Waals surface area contributed by atoms with Crippen LogP contribution in [0.25, 0.3) is 0 Å². The fraction of sp³-hybridized carbons (Fsp3) is 0.600. The summed E-state index contributed by atoms with van der Waals surface area (Å²) < 4.78 is 1.14. The number of rotatable bonds is 5. The molecule has 1 aliphatic carbocycles. The van der Waals surface area contributed by atoms with Crippen molar-refractivity contribution >= 4 is 15.9 Å². The molecular formula is C15H22BrNO. The first-order valence-corrected chi connectivity index (χ1v) is 7.51. The van der Waals surface area contributed by atoms with E-state index in [-0.39, 0.29) is 12.6 Å². The maximum Gasteiger partial charge on any atom is 0.0587 e. The Labute approximate surface area is 118 Å². The minimum Gasteiger partial charge on any atom is -0.395 e. The van der Waals surface area contributed by atoms with Gasteiger partial charge in [-0.05, 0) is 42.4 Å². The summed E-state index contributed by atoms with van der Waals surface area (Å²) in [5, 5.41) is 12.9. The van der Waals surface area contributed by atoms with E-state index in [1.807, 2.05) is 0 Å². The van der Waals surface area contributed by atoms with E-state index >= 15 is 0 Å². The van der Waals surface area contributed by atoms with Gasteiger partial charge < -0.3 is 10.4 Å². The molecule has 2 nitrogen and oxygen atoms in total. The van der Waals surface area contributed by atoms with Crippen molar-refractivity contribution in [2.75, 3.05) is 6.61 Å². The second-order valence-electron chi connectivity index (χ2n) is 5.62. The molecule has 0 spiro atoms. The molecule has 0 radical (unpaired) electrons. The molecule has 1 aliphatic rings. The summed E-state index contributed by atoms with van der Waals surface area (Å²) in [7, 11) is 0. The zero-order chi connectivity index (χ0) is 13.1. The Kier molecular flexibility index (Phi) is 4.82. The lowest BCUT2D eigenvalue weighted by atomic mass is 9.75. The number of aliphatic hydroxyl groups is 1. The average Bonchev–Trinajstić information content (AvgIpc) is 2.29. The predicted molar refractivity (Wildman–Crippen MR) is 78.8 cm³/mol. The number of hydrogen-bond donors (Lipinski definition) is 2. The van der Waals surface area contributed by atoms with Crippen molar-refractivity contribution in [3.05, 3.63) is 34.3 Å². The Balaban J connectivity index is 1.81. The van der Waals surface area contributed by atoms with E-state index in [1.165, 1.54) is 18.4 Å². The molecule has 100 valence electrons. The molecular weight excluding hydrogens is 290 g/mol. The Morgan fingerprint density at radius 1 is 1.28 bits per heavy atom. The number of halogens is 1. The first kappa shape index (κ1) is 14.0. The molecule has 0 saturated heterocycles. The molecule has 0 bridgehead atoms. The lowest BCUT2D eigenvalue weighted by Gasteiger charge is -2.39. The topological polar surface area (TPSA) is 32.3 Å². The summed E-state index contributed by atoms with van der Waals surface area (Å²) in [6.07, 6.45) is 2.37. The van der Waals surface area contributed by atoms with E-state index < -0.39 is 0 Å². The van der Waals surface area contributed by atoms with Crippen LogP contribution in [-0.4, -0.2) is 23.8 Å². The van der Waals surface area contributed by atoms with Crippen molar-refractivity contribution in [2.45, 2.75) is 44.7 Å². The van der Waals surface area contributed by atoms with Gasteiger partial charge in [-0.2, -0.15) is 0 Å². The van der Waals surface area contributed by atoms with Gasteiger partial charge in [-0.15, -0.1) is 0 Å². The SMILES string of the molecule is CC(C)C(CO)NC1CC(c2ccc(Br)cc2)C1. The molecule has 1 fully saturated rings. The van der Waals surface area contributed by atoms with Crippen molar-refractivity contribution in [3.8, 4) is 0 Å². The highest BCUT2D eigenvalue weighted by Crippen LogP contribution is 2.37. The number of benzene rings is 1. The third-order valence-electron chi connectivity index (χ3n) is 3.93. The molecule has 1 aromatic rings. The normalized spacial score (nSPS) is 24.9. The minimum atomic E-state index is 0.233. The third kappa shape index (κ3) is 3.34. The maximum atomic E-state index is 9.31. The Hall–Kier alpha value is -0.380. The Morgan fingerprint density at radius 2 is 1.89 bits per heavy atom. The monoisotopic (exact) mass is 311 g/mol. The number of aliphatic hydroxyl groups excluding tert-OH is 1. The summed E-state index contributed by atoms with van der Waals surface area (Å²) in [6.45, 7) is 4.54. The zero-order valence-corrected chi connectivity index (χ0v) is 12.7. The third-order valence-corrected chi connectivity index (χ3v) is 4.46. The van der Waals surface area contributed by atoms with Gasteiger partial charge in [0.25, 0.3) is 0 Å². The lowest BCUT2D eigenvalue weighted by Crippen LogP contribution is -2.49. The highest BCUT2D eigenvalue weighted by atomic mass is 79.9. The summed E-state index contributed by atoms with van der Waals surface area (Å²) in [6, 6.07) is 9.44. The Bertz CT molecular complexity index is 371. The first-order valence-electron chi connectivity index (χ1n) is 6.72. The van der Waals surface area contributed by atoms with Crippen LogP contribution in [0.15, 0.2) is 28.7 Å². The van der Waals surface area contributed by atoms with E-state index in [0.717, 1.165) is 4.47 Å². The van der Waals surface area contributed by atoms with E-state index in [1.54, 1.807) is 0 Å². The largest absolute Gasteiger partial charge is 0.395 e. The van der Waals surface area contributed by atoms with Gasteiger partial charge in [0.1, 0.15) is 0 Å². The van der Waals surface area contributed by atoms with Crippen molar-refractivity contribution in [3.63, 3.8) is 0 Å². The zero-order valence-electron chi connectivity index (χ0n) is 11.1. The molecule has 0 aliphatic heterocycles. The van der Waals surface area contributed by atoms with E-state index in [0.29, 0.717) is 17.9 Å². The molecule has 18 heavy (non-hydrogen) atoms. The number of hydrogen-bond acceptors (Lipinski definition) is 2. The molecule has 1 aromatic carbocycles. The molecule has 0 amide bonds. The van der Waals surface area contributed by atoms with E-state index in [2.05, 4.69) is 59.4 Å². The molecule has 2 rings (SSSR count). The van der Waals surface area contributed by atoms with Gasteiger partial charge in [0.05, 0.1) is 6.61 Å². The minimum absolute atomic E-state index is 0.233. The summed E-state index contributed by atoms with van der Waals surface area (Å²) >= 11 is 3.46. The molecule has 1 atom stereocenters. The standard InChI is InChI=1S/C15H22BrNO/c1-10(2)15(9-18)17-14-7-12(8-14)11-3-5-13(16)6-4-11/h3-6,10,12,14-15,17-18H,7-9H2,1-2H3. The van der Waals surface area contributed by atoms with Crippen LogP contribution >= 0.6 is 15.9 Å². The molecule has 2 N–H and O–H groups in total. The average molecular weight is 312 g/mol. The van der Waals surface area contributed by atoms with Crippen LogP contribution in [0.5, 0.6) is 0 Å². The van der Waals surface area contributed by atoms with Crippen LogP contribution < -0.4 is 5.32 Å². The van der Waals surface area contributed by atoms with Crippen LogP contribution in [0, 0.1) is 5.92 Å². The van der Waals surface area contributed by atoms with Gasteiger partial charge in [0.2, 0.25) is 0 Å². The van der Waals surface area contributed by atoms with Crippen molar-refractivity contribution in [1.82, 2.24) is 5.32 Å². The van der Waals surface area contributed by atoms with Crippen LogP contribution in [0.4, 0.5) is 0 Å². The molecule has 0 heterocycles. The first-order chi connectivity index (χ1) is 8.60. The Morgan fingerprint density at radius 3 is 2.39 bits per heavy atom. The summed E-state index contributed by atoms with van der Waals surface area (Å²) in [4.78, 5) is 0. The van der Waals surface area contributed by atoms with E-state index in [4.69, 9.17) is 0 Å². The smallest absolute Gasteiger partial charge is 0.0587 e. The van der Waals surface area contributed by atoms with Crippen molar-refractivity contribution < 1.29 is 5.11 Å². The second-order valence-corrected chi connectivity index (χ2v) is 6.53. The van der Waals surface area contributed by atoms with Crippen LogP contribution in [0.3, 0.4) is 0 Å². The van der Waals surface area contributed by atoms with Gasteiger partial charge in [-0.3, -0.25) is 0 Å². The molecule has 1 saturated carbocycles. The van der Waals surface area contributed by atoms with Gasteiger partial charge in [0.15, 0.2) is 0 Å². The predicted octanol–water partition coefficient (Wildman–Crippen LogP) is 3.30. The lowest BCUT2D eigenvalue weighted by molar-refractivity contribution is 0.169. The van der Waals surface area contributed by atoms with Gasteiger partial charge in [0, 0.05) is 16.6 Å². The fourth-order valence-electron chi connectivity index (χ4n) is 2.52. The highest BCUT2D eigenvalue weighted by molar-refractivity contribution is 9.10. The van der Waals surface area contributed by atoms with Crippen LogP contribution in [0.2, 0.25) is 0 Å². The summed E-state index contributed by atoms with van der Waals surface area (Å²) in [5.41, 5.74) is 1.43. The van der Waals surface area contributed by atoms with Gasteiger partial charge >= 0.3 is 0 Å². The van der Waals surface area contributed by atoms with Gasteiger partial charge in [-0.1, -0.05) is 41.9 Å². The van der Waals surface area contributed by atoms with Crippen molar-refractivity contribution in [1.29, 1.82) is 0 Å². The van der Waals surface area contributed by atoms with E-state index in [9.17, 15) is 5.11 Å². The van der Waals surface area contributed by atoms with Crippen LogP contribution in [0.1, 0.15) is 38.2 Å². The fourth-order valence-corrected chi connectivity index (χ4v) is 2.78. The highest BCUT2D eigenvalue weighted by Gasteiger charge is 2.31. The van der Waals surface area contributed by atoms with Crippen LogP contribution in [-0.2, 0) is 0 Å². The molecule has 1 unspecified atom stereocenters.